The molecule has 2 rings (SSSR count). The number of hydrogen-bond donors (Lipinski definition) is 3. The van der Waals surface area contributed by atoms with Crippen molar-refractivity contribution in [2.24, 2.45) is 0 Å². The van der Waals surface area contributed by atoms with E-state index >= 15 is 0 Å². The summed E-state index contributed by atoms with van der Waals surface area (Å²) in [6.07, 6.45) is -5.10. The van der Waals surface area contributed by atoms with Crippen molar-refractivity contribution in [3.8, 4) is 0 Å². The zero-order valence-corrected chi connectivity index (χ0v) is 9.72. The standard InChI is InChI=1S/C10H13FN2O6/c11-7-8(17)5(3-14)19-9(7)12-2-1-6(16)13(4-15)10(12)18/h1-2,5,7-9,14-15,17H,3-4H2/t5-,7+,8-,9-/m0/s1. The number of halogens is 1. The van der Waals surface area contributed by atoms with Gasteiger partial charge in [0, 0.05) is 12.3 Å². The first kappa shape index (κ1) is 13.9. The van der Waals surface area contributed by atoms with Crippen molar-refractivity contribution in [3.05, 3.63) is 33.1 Å². The Kier molecular flexibility index (Phi) is 3.80. The number of aliphatic hydroxyl groups is 3. The molecule has 0 aliphatic carbocycles. The van der Waals surface area contributed by atoms with Gasteiger partial charge in [-0.3, -0.25) is 9.36 Å². The molecule has 1 aromatic rings. The van der Waals surface area contributed by atoms with E-state index in [0.717, 1.165) is 16.8 Å². The molecule has 0 spiro atoms. The minimum Gasteiger partial charge on any atom is -0.394 e. The Morgan fingerprint density at radius 2 is 2.05 bits per heavy atom. The van der Waals surface area contributed by atoms with Crippen LogP contribution in [-0.2, 0) is 11.5 Å². The number of aliphatic hydroxyl groups excluding tert-OH is 3. The first-order valence-corrected chi connectivity index (χ1v) is 5.52. The molecule has 0 aromatic carbocycles. The predicted octanol–water partition coefficient (Wildman–Crippen LogP) is -2.45. The molecule has 0 amide bonds. The predicted molar refractivity (Wildman–Crippen MR) is 59.1 cm³/mol. The summed E-state index contributed by atoms with van der Waals surface area (Å²) in [5.74, 6) is 0. The van der Waals surface area contributed by atoms with Crippen LogP contribution in [0.3, 0.4) is 0 Å². The Morgan fingerprint density at radius 3 is 2.58 bits per heavy atom. The zero-order chi connectivity index (χ0) is 14.2. The molecule has 1 aliphatic heterocycles. The minimum atomic E-state index is -1.93. The second-order valence-electron chi connectivity index (χ2n) is 4.10. The topological polar surface area (TPSA) is 114 Å². The maximum absolute atomic E-state index is 13.8. The van der Waals surface area contributed by atoms with Gasteiger partial charge in [0.1, 0.15) is 18.9 Å². The first-order chi connectivity index (χ1) is 9.01. The van der Waals surface area contributed by atoms with Crippen LogP contribution < -0.4 is 11.2 Å². The van der Waals surface area contributed by atoms with Crippen molar-refractivity contribution in [2.75, 3.05) is 6.61 Å². The normalized spacial score (nSPS) is 30.7. The summed E-state index contributed by atoms with van der Waals surface area (Å²) in [6, 6.07) is 0.965. The van der Waals surface area contributed by atoms with Crippen LogP contribution in [0.15, 0.2) is 21.9 Å². The second kappa shape index (κ2) is 5.21. The molecule has 8 nitrogen and oxygen atoms in total. The molecule has 3 N–H and O–H groups in total. The largest absolute Gasteiger partial charge is 0.394 e. The van der Waals surface area contributed by atoms with Crippen LogP contribution in [0.1, 0.15) is 6.23 Å². The van der Waals surface area contributed by atoms with Crippen LogP contribution in [0.25, 0.3) is 0 Å². The van der Waals surface area contributed by atoms with E-state index in [1.54, 1.807) is 0 Å². The Hall–Kier alpha value is -1.55. The number of aromatic nitrogens is 2. The van der Waals surface area contributed by atoms with Gasteiger partial charge in [0.2, 0.25) is 0 Å². The fraction of sp³-hybridized carbons (Fsp3) is 0.600. The van der Waals surface area contributed by atoms with Gasteiger partial charge in [-0.2, -0.15) is 0 Å². The van der Waals surface area contributed by atoms with Gasteiger partial charge in [-0.05, 0) is 0 Å². The molecule has 1 fully saturated rings. The van der Waals surface area contributed by atoms with Gasteiger partial charge < -0.3 is 20.1 Å². The third-order valence-electron chi connectivity index (χ3n) is 2.98. The Balaban J connectivity index is 2.44. The van der Waals surface area contributed by atoms with E-state index in [4.69, 9.17) is 14.9 Å². The van der Waals surface area contributed by atoms with E-state index in [0.29, 0.717) is 4.57 Å². The van der Waals surface area contributed by atoms with Gasteiger partial charge in [-0.25, -0.2) is 13.8 Å². The van der Waals surface area contributed by atoms with Crippen molar-refractivity contribution >= 4 is 0 Å². The number of ether oxygens (including phenoxy) is 1. The summed E-state index contributed by atoms with van der Waals surface area (Å²) in [5, 5.41) is 27.3. The highest BCUT2D eigenvalue weighted by Gasteiger charge is 2.45. The van der Waals surface area contributed by atoms with Crippen molar-refractivity contribution in [1.29, 1.82) is 0 Å². The van der Waals surface area contributed by atoms with Gasteiger partial charge in [-0.15, -0.1) is 0 Å². The molecule has 2 heterocycles. The van der Waals surface area contributed by atoms with E-state index < -0.39 is 49.2 Å². The van der Waals surface area contributed by atoms with Crippen molar-refractivity contribution in [1.82, 2.24) is 9.13 Å². The number of hydrogen-bond acceptors (Lipinski definition) is 6. The van der Waals surface area contributed by atoms with E-state index in [1.165, 1.54) is 0 Å². The summed E-state index contributed by atoms with van der Waals surface area (Å²) in [4.78, 5) is 23.1. The average Bonchev–Trinajstić information content (AvgIpc) is 2.67. The lowest BCUT2D eigenvalue weighted by atomic mass is 10.1. The maximum atomic E-state index is 13.8. The summed E-state index contributed by atoms with van der Waals surface area (Å²) >= 11 is 0. The van der Waals surface area contributed by atoms with Crippen LogP contribution in [0.5, 0.6) is 0 Å². The summed E-state index contributed by atoms with van der Waals surface area (Å²) in [6.45, 7) is -1.46. The molecule has 9 heteroatoms. The molecule has 19 heavy (non-hydrogen) atoms. The maximum Gasteiger partial charge on any atom is 0.335 e. The van der Waals surface area contributed by atoms with E-state index in [2.05, 4.69) is 0 Å². The fourth-order valence-electron chi connectivity index (χ4n) is 1.93. The van der Waals surface area contributed by atoms with Gasteiger partial charge >= 0.3 is 5.69 Å². The molecule has 1 saturated heterocycles. The second-order valence-corrected chi connectivity index (χ2v) is 4.10. The fourth-order valence-corrected chi connectivity index (χ4v) is 1.93. The van der Waals surface area contributed by atoms with Gasteiger partial charge in [0.15, 0.2) is 12.4 Å². The highest BCUT2D eigenvalue weighted by molar-refractivity contribution is 4.94. The molecule has 1 aromatic heterocycles. The van der Waals surface area contributed by atoms with E-state index in [9.17, 15) is 19.1 Å². The van der Waals surface area contributed by atoms with Gasteiger partial charge in [0.05, 0.1) is 6.61 Å². The monoisotopic (exact) mass is 276 g/mol. The molecule has 0 unspecified atom stereocenters. The summed E-state index contributed by atoms with van der Waals surface area (Å²) in [5.41, 5.74) is -1.70. The first-order valence-electron chi connectivity index (χ1n) is 5.52. The lowest BCUT2D eigenvalue weighted by molar-refractivity contribution is -0.0500. The third kappa shape index (κ3) is 2.21. The van der Waals surface area contributed by atoms with Crippen LogP contribution in [0, 0.1) is 0 Å². The summed E-state index contributed by atoms with van der Waals surface area (Å²) in [7, 11) is 0. The lowest BCUT2D eigenvalue weighted by Crippen LogP contribution is -2.42. The average molecular weight is 276 g/mol. The van der Waals surface area contributed by atoms with Crippen molar-refractivity contribution in [2.45, 2.75) is 31.3 Å². The highest BCUT2D eigenvalue weighted by atomic mass is 19.1. The zero-order valence-electron chi connectivity index (χ0n) is 9.72. The van der Waals surface area contributed by atoms with Crippen molar-refractivity contribution < 1.29 is 24.4 Å². The lowest BCUT2D eigenvalue weighted by Gasteiger charge is -2.16. The summed E-state index contributed by atoms with van der Waals surface area (Å²) < 4.78 is 20.1. The Morgan fingerprint density at radius 1 is 1.37 bits per heavy atom. The molecule has 0 radical (unpaired) electrons. The Bertz CT molecular complexity index is 570. The van der Waals surface area contributed by atoms with Gasteiger partial charge in [-0.1, -0.05) is 0 Å². The number of rotatable bonds is 3. The number of alkyl halides is 1. The highest BCUT2D eigenvalue weighted by Crippen LogP contribution is 2.30. The SMILES string of the molecule is O=c1ccn([C@H]2O[C@@H](CO)[C@H](O)[C@H]2F)c(=O)n1CO. The van der Waals surface area contributed by atoms with E-state index in [1.807, 2.05) is 0 Å². The van der Waals surface area contributed by atoms with Crippen LogP contribution >= 0.6 is 0 Å². The third-order valence-corrected chi connectivity index (χ3v) is 2.98. The van der Waals surface area contributed by atoms with E-state index in [-0.39, 0.29) is 0 Å². The molecule has 0 saturated carbocycles. The van der Waals surface area contributed by atoms with Crippen molar-refractivity contribution in [3.63, 3.8) is 0 Å². The van der Waals surface area contributed by atoms with Crippen LogP contribution in [0.4, 0.5) is 4.39 Å². The molecular weight excluding hydrogens is 263 g/mol. The Labute approximate surface area is 105 Å². The van der Waals surface area contributed by atoms with Crippen LogP contribution in [-0.4, -0.2) is 49.4 Å². The van der Waals surface area contributed by atoms with Gasteiger partial charge in [0.25, 0.3) is 5.56 Å². The van der Waals surface area contributed by atoms with Crippen LogP contribution in [0.2, 0.25) is 0 Å². The molecular formula is C10H13FN2O6. The quantitative estimate of drug-likeness (QED) is 0.564. The molecule has 4 atom stereocenters. The smallest absolute Gasteiger partial charge is 0.335 e. The molecule has 0 bridgehead atoms. The molecule has 1 aliphatic rings. The molecule has 106 valence electrons. The number of nitrogens with zero attached hydrogens (tertiary/aromatic N) is 2. The minimum absolute atomic E-state index is 0.481.